The molecule has 0 spiro atoms. The van der Waals surface area contributed by atoms with E-state index in [1.165, 1.54) is 22.0 Å². The lowest BCUT2D eigenvalue weighted by Crippen LogP contribution is -2.11. The third kappa shape index (κ3) is 4.24. The van der Waals surface area contributed by atoms with Gasteiger partial charge in [0, 0.05) is 11.1 Å². The highest BCUT2D eigenvalue weighted by Crippen LogP contribution is 2.26. The minimum absolute atomic E-state index is 0.442. The molecule has 4 aromatic rings. The molecular formula is C20H20N6O2S. The molecule has 0 amide bonds. The summed E-state index contributed by atoms with van der Waals surface area (Å²) >= 11 is 1.38. The van der Waals surface area contributed by atoms with Crippen molar-refractivity contribution in [2.45, 2.75) is 24.8 Å². The minimum atomic E-state index is 0.442. The van der Waals surface area contributed by atoms with Gasteiger partial charge in [0.25, 0.3) is 0 Å². The lowest BCUT2D eigenvalue weighted by atomic mass is 10.1. The fourth-order valence-electron chi connectivity index (χ4n) is 2.70. The number of rotatable bonds is 7. The van der Waals surface area contributed by atoms with Gasteiger partial charge in [0.2, 0.25) is 16.9 Å². The zero-order valence-electron chi connectivity index (χ0n) is 16.1. The van der Waals surface area contributed by atoms with E-state index in [1.807, 2.05) is 62.4 Å². The molecule has 0 bridgehead atoms. The average Bonchev–Trinajstić information content (AvgIpc) is 3.35. The molecular weight excluding hydrogens is 388 g/mol. The van der Waals surface area contributed by atoms with Crippen LogP contribution in [-0.4, -0.2) is 31.6 Å². The number of nitrogens with two attached hydrogens (primary N) is 1. The Morgan fingerprint density at radius 1 is 1.03 bits per heavy atom. The smallest absolute Gasteiger partial charge is 0.237 e. The van der Waals surface area contributed by atoms with Crippen molar-refractivity contribution in [3.05, 3.63) is 60.0 Å². The predicted octanol–water partition coefficient (Wildman–Crippen LogP) is 3.71. The van der Waals surface area contributed by atoms with Gasteiger partial charge in [0.1, 0.15) is 5.75 Å². The quantitative estimate of drug-likeness (QED) is 0.364. The van der Waals surface area contributed by atoms with Crippen LogP contribution < -0.4 is 10.6 Å². The summed E-state index contributed by atoms with van der Waals surface area (Å²) in [6, 6.07) is 15.5. The molecule has 8 nitrogen and oxygen atoms in total. The molecule has 2 aromatic carbocycles. The molecule has 2 heterocycles. The van der Waals surface area contributed by atoms with Crippen LogP contribution in [0.1, 0.15) is 18.4 Å². The van der Waals surface area contributed by atoms with E-state index in [9.17, 15) is 0 Å². The monoisotopic (exact) mass is 408 g/mol. The molecule has 0 saturated carbocycles. The van der Waals surface area contributed by atoms with Gasteiger partial charge >= 0.3 is 0 Å². The Morgan fingerprint density at radius 2 is 1.76 bits per heavy atom. The molecule has 0 atom stereocenters. The van der Waals surface area contributed by atoms with Gasteiger partial charge in [-0.25, -0.2) is 4.68 Å². The molecule has 4 rings (SSSR count). The second kappa shape index (κ2) is 8.36. The summed E-state index contributed by atoms with van der Waals surface area (Å²) in [5.74, 6) is 9.05. The standard InChI is InChI=1S/C20H20N6O2S/c1-3-27-16-10-8-15(9-11-16)19-23-24-20(26(19)21)29-12-17-22-18(25-28-17)14-6-4-13(2)5-7-14/h4-11H,3,12,21H2,1-2H3. The highest BCUT2D eigenvalue weighted by molar-refractivity contribution is 7.98. The maximum Gasteiger partial charge on any atom is 0.237 e. The molecule has 0 fully saturated rings. The van der Waals surface area contributed by atoms with Gasteiger partial charge < -0.3 is 15.1 Å². The Kier molecular flexibility index (Phi) is 5.48. The Labute approximate surface area is 172 Å². The number of aryl methyl sites for hydroxylation is 1. The van der Waals surface area contributed by atoms with Gasteiger partial charge in [-0.3, -0.25) is 0 Å². The Balaban J connectivity index is 1.44. The Morgan fingerprint density at radius 3 is 2.48 bits per heavy atom. The van der Waals surface area contributed by atoms with Crippen molar-refractivity contribution < 1.29 is 9.26 Å². The van der Waals surface area contributed by atoms with Gasteiger partial charge in [-0.15, -0.1) is 10.2 Å². The molecule has 9 heteroatoms. The predicted molar refractivity (Wildman–Crippen MR) is 111 cm³/mol. The average molecular weight is 408 g/mol. The molecule has 0 aliphatic rings. The first-order valence-corrected chi connectivity index (χ1v) is 10.1. The first kappa shape index (κ1) is 19.0. The van der Waals surface area contributed by atoms with Crippen LogP contribution >= 0.6 is 11.8 Å². The molecule has 0 radical (unpaired) electrons. The molecule has 0 aliphatic heterocycles. The van der Waals surface area contributed by atoms with Crippen molar-refractivity contribution in [2.75, 3.05) is 12.4 Å². The highest BCUT2D eigenvalue weighted by Gasteiger charge is 2.15. The first-order chi connectivity index (χ1) is 14.1. The number of nitrogen functional groups attached to an aromatic ring is 1. The molecule has 29 heavy (non-hydrogen) atoms. The third-order valence-electron chi connectivity index (χ3n) is 4.19. The number of nitrogens with zero attached hydrogens (tertiary/aromatic N) is 5. The molecule has 0 saturated heterocycles. The summed E-state index contributed by atoms with van der Waals surface area (Å²) in [7, 11) is 0. The largest absolute Gasteiger partial charge is 0.494 e. The van der Waals surface area contributed by atoms with E-state index < -0.39 is 0 Å². The Hall–Kier alpha value is -3.33. The van der Waals surface area contributed by atoms with Crippen LogP contribution in [0.2, 0.25) is 0 Å². The number of ether oxygens (including phenoxy) is 1. The van der Waals surface area contributed by atoms with Gasteiger partial charge in [-0.05, 0) is 38.1 Å². The van der Waals surface area contributed by atoms with Crippen molar-refractivity contribution in [3.63, 3.8) is 0 Å². The lowest BCUT2D eigenvalue weighted by molar-refractivity contribution is 0.340. The third-order valence-corrected chi connectivity index (χ3v) is 5.12. The molecule has 148 valence electrons. The van der Waals surface area contributed by atoms with Crippen LogP contribution in [0.3, 0.4) is 0 Å². The van der Waals surface area contributed by atoms with Crippen LogP contribution in [0.5, 0.6) is 5.75 Å². The SMILES string of the molecule is CCOc1ccc(-c2nnc(SCc3nc(-c4ccc(C)cc4)no3)n2N)cc1. The van der Waals surface area contributed by atoms with Gasteiger partial charge in [-0.1, -0.05) is 46.7 Å². The van der Waals surface area contributed by atoms with Gasteiger partial charge in [0.05, 0.1) is 12.4 Å². The normalized spacial score (nSPS) is 11.0. The van der Waals surface area contributed by atoms with Crippen molar-refractivity contribution in [1.29, 1.82) is 0 Å². The maximum atomic E-state index is 6.18. The van der Waals surface area contributed by atoms with Crippen molar-refractivity contribution >= 4 is 11.8 Å². The van der Waals surface area contributed by atoms with Crippen molar-refractivity contribution in [1.82, 2.24) is 25.0 Å². The number of benzene rings is 2. The van der Waals surface area contributed by atoms with E-state index in [0.29, 0.717) is 35.1 Å². The van der Waals surface area contributed by atoms with Gasteiger partial charge in [-0.2, -0.15) is 4.98 Å². The minimum Gasteiger partial charge on any atom is -0.494 e. The van der Waals surface area contributed by atoms with Crippen LogP contribution in [0.4, 0.5) is 0 Å². The molecule has 2 N–H and O–H groups in total. The van der Waals surface area contributed by atoms with E-state index in [-0.39, 0.29) is 0 Å². The second-order valence-electron chi connectivity index (χ2n) is 6.30. The fraction of sp³-hybridized carbons (Fsp3) is 0.200. The fourth-order valence-corrected chi connectivity index (χ4v) is 3.39. The maximum absolute atomic E-state index is 6.18. The molecule has 0 unspecified atom stereocenters. The topological polar surface area (TPSA) is 105 Å². The van der Waals surface area contributed by atoms with E-state index in [2.05, 4.69) is 20.3 Å². The summed E-state index contributed by atoms with van der Waals surface area (Å²) in [5, 5.41) is 13.0. The summed E-state index contributed by atoms with van der Waals surface area (Å²) < 4.78 is 12.3. The van der Waals surface area contributed by atoms with Crippen LogP contribution in [-0.2, 0) is 5.75 Å². The van der Waals surface area contributed by atoms with Crippen LogP contribution in [0.15, 0.2) is 58.2 Å². The number of thioether (sulfide) groups is 1. The van der Waals surface area contributed by atoms with Crippen LogP contribution in [0.25, 0.3) is 22.8 Å². The van der Waals surface area contributed by atoms with Crippen LogP contribution in [0, 0.1) is 6.92 Å². The van der Waals surface area contributed by atoms with E-state index in [1.54, 1.807) is 0 Å². The zero-order valence-corrected chi connectivity index (χ0v) is 16.9. The number of hydrogen-bond acceptors (Lipinski definition) is 8. The van der Waals surface area contributed by atoms with E-state index >= 15 is 0 Å². The van der Waals surface area contributed by atoms with E-state index in [0.717, 1.165) is 16.9 Å². The first-order valence-electron chi connectivity index (χ1n) is 9.10. The molecule has 2 aromatic heterocycles. The Bertz CT molecular complexity index is 1090. The summed E-state index contributed by atoms with van der Waals surface area (Å²) in [4.78, 5) is 4.44. The molecule has 0 aliphatic carbocycles. The highest BCUT2D eigenvalue weighted by atomic mass is 32.2. The number of hydrogen-bond donors (Lipinski definition) is 1. The lowest BCUT2D eigenvalue weighted by Gasteiger charge is -2.05. The zero-order chi connectivity index (χ0) is 20.2. The van der Waals surface area contributed by atoms with E-state index in [4.69, 9.17) is 15.1 Å². The summed E-state index contributed by atoms with van der Waals surface area (Å²) in [6.07, 6.45) is 0. The van der Waals surface area contributed by atoms with Gasteiger partial charge in [0.15, 0.2) is 5.82 Å². The number of aromatic nitrogens is 5. The summed E-state index contributed by atoms with van der Waals surface area (Å²) in [5.41, 5.74) is 2.95. The summed E-state index contributed by atoms with van der Waals surface area (Å²) in [6.45, 7) is 4.60. The van der Waals surface area contributed by atoms with Crippen molar-refractivity contribution in [2.24, 2.45) is 0 Å². The second-order valence-corrected chi connectivity index (χ2v) is 7.24. The van der Waals surface area contributed by atoms with Crippen molar-refractivity contribution in [3.8, 4) is 28.5 Å².